The molecule has 0 fully saturated rings. The van der Waals surface area contributed by atoms with Crippen LogP contribution in [0.4, 0.5) is 0 Å². The van der Waals surface area contributed by atoms with Gasteiger partial charge in [-0.1, -0.05) is 12.1 Å². The molecule has 3 heteroatoms. The summed E-state index contributed by atoms with van der Waals surface area (Å²) in [6.45, 7) is 3.27. The molecule has 0 spiro atoms. The van der Waals surface area contributed by atoms with E-state index < -0.39 is 11.2 Å². The Balaban J connectivity index is 2.65. The molecule has 0 amide bonds. The van der Waals surface area contributed by atoms with E-state index in [0.717, 1.165) is 5.56 Å². The zero-order valence-corrected chi connectivity index (χ0v) is 9.24. The van der Waals surface area contributed by atoms with Crippen LogP contribution in [0.25, 0.3) is 0 Å². The summed E-state index contributed by atoms with van der Waals surface area (Å²) in [5, 5.41) is 20.5. The lowest BCUT2D eigenvalue weighted by Crippen LogP contribution is -2.44. The normalized spacial score (nSPS) is 33.9. The number of fused-ring (bicyclic) bond motifs is 1. The monoisotopic (exact) mass is 208 g/mol. The maximum atomic E-state index is 10.4. The number of aliphatic hydroxyl groups is 2. The third-order valence-corrected chi connectivity index (χ3v) is 3.40. The minimum absolute atomic E-state index is 0.451. The molecule has 0 saturated heterocycles. The highest BCUT2D eigenvalue weighted by Crippen LogP contribution is 2.47. The summed E-state index contributed by atoms with van der Waals surface area (Å²) in [7, 11) is 1.57. The quantitative estimate of drug-likeness (QED) is 0.729. The van der Waals surface area contributed by atoms with Gasteiger partial charge in [0.05, 0.1) is 12.7 Å². The van der Waals surface area contributed by atoms with Crippen LogP contribution in [0.3, 0.4) is 0 Å². The van der Waals surface area contributed by atoms with E-state index in [1.54, 1.807) is 27.0 Å². The summed E-state index contributed by atoms with van der Waals surface area (Å²) < 4.78 is 5.21. The summed E-state index contributed by atoms with van der Waals surface area (Å²) in [5.74, 6) is 0.635. The van der Waals surface area contributed by atoms with E-state index >= 15 is 0 Å². The largest absolute Gasteiger partial charge is 0.496 e. The molecule has 1 aliphatic rings. The van der Waals surface area contributed by atoms with Crippen molar-refractivity contribution >= 4 is 0 Å². The molecule has 0 aliphatic heterocycles. The predicted octanol–water partition coefficient (Wildman–Crippen LogP) is 1.21. The average Bonchev–Trinajstić information content (AvgIpc) is 2.33. The fraction of sp³-hybridized carbons (Fsp3) is 0.500. The summed E-state index contributed by atoms with van der Waals surface area (Å²) in [4.78, 5) is 0. The molecule has 1 aromatic rings. The van der Waals surface area contributed by atoms with Gasteiger partial charge in [0.1, 0.15) is 11.4 Å². The fourth-order valence-corrected chi connectivity index (χ4v) is 2.26. The standard InChI is InChI=1S/C12H16O3/c1-11(13)7-8-5-4-6-9(15-3)10(8)12(11,2)14/h4-6,13-14H,7H2,1-3H3. The highest BCUT2D eigenvalue weighted by molar-refractivity contribution is 5.50. The molecule has 1 aliphatic carbocycles. The van der Waals surface area contributed by atoms with Crippen LogP contribution in [0, 0.1) is 0 Å². The molecule has 0 saturated carbocycles. The number of rotatable bonds is 1. The first-order valence-electron chi connectivity index (χ1n) is 5.01. The van der Waals surface area contributed by atoms with Gasteiger partial charge in [-0.05, 0) is 25.5 Å². The molecule has 2 atom stereocenters. The lowest BCUT2D eigenvalue weighted by atomic mass is 9.86. The first kappa shape index (κ1) is 10.5. The van der Waals surface area contributed by atoms with Gasteiger partial charge in [0.15, 0.2) is 0 Å². The Labute approximate surface area is 89.3 Å². The van der Waals surface area contributed by atoms with Crippen LogP contribution in [0.5, 0.6) is 5.75 Å². The molecule has 2 unspecified atom stereocenters. The molecule has 15 heavy (non-hydrogen) atoms. The maximum absolute atomic E-state index is 10.4. The summed E-state index contributed by atoms with van der Waals surface area (Å²) in [5.41, 5.74) is -0.735. The Morgan fingerprint density at radius 2 is 1.93 bits per heavy atom. The molecule has 3 nitrogen and oxygen atoms in total. The van der Waals surface area contributed by atoms with Crippen molar-refractivity contribution in [1.82, 2.24) is 0 Å². The minimum Gasteiger partial charge on any atom is -0.496 e. The van der Waals surface area contributed by atoms with Crippen molar-refractivity contribution in [3.63, 3.8) is 0 Å². The van der Waals surface area contributed by atoms with E-state index in [2.05, 4.69) is 0 Å². The Morgan fingerprint density at radius 3 is 2.53 bits per heavy atom. The van der Waals surface area contributed by atoms with Crippen LogP contribution >= 0.6 is 0 Å². The molecule has 0 radical (unpaired) electrons. The Kier molecular flexibility index (Phi) is 2.07. The number of hydrogen-bond donors (Lipinski definition) is 2. The molecule has 2 N–H and O–H groups in total. The summed E-state index contributed by atoms with van der Waals surface area (Å²) in [6, 6.07) is 5.58. The van der Waals surface area contributed by atoms with Gasteiger partial charge in [0.2, 0.25) is 0 Å². The second-order valence-electron chi connectivity index (χ2n) is 4.52. The Morgan fingerprint density at radius 1 is 1.27 bits per heavy atom. The molecule has 2 rings (SSSR count). The van der Waals surface area contributed by atoms with Crippen molar-refractivity contribution in [3.8, 4) is 5.75 Å². The minimum atomic E-state index is -1.26. The number of benzene rings is 1. The SMILES string of the molecule is COc1cccc2c1C(C)(O)C(C)(O)C2. The maximum Gasteiger partial charge on any atom is 0.125 e. The van der Waals surface area contributed by atoms with Crippen molar-refractivity contribution in [3.05, 3.63) is 29.3 Å². The van der Waals surface area contributed by atoms with E-state index in [9.17, 15) is 10.2 Å². The Bertz CT molecular complexity index is 394. The lowest BCUT2D eigenvalue weighted by molar-refractivity contribution is -0.123. The number of ether oxygens (including phenoxy) is 1. The van der Waals surface area contributed by atoms with Gasteiger partial charge in [-0.15, -0.1) is 0 Å². The van der Waals surface area contributed by atoms with Gasteiger partial charge >= 0.3 is 0 Å². The molecule has 0 aromatic heterocycles. The van der Waals surface area contributed by atoms with Crippen LogP contribution in [0.1, 0.15) is 25.0 Å². The van der Waals surface area contributed by atoms with Crippen LogP contribution in [-0.2, 0) is 12.0 Å². The third-order valence-electron chi connectivity index (χ3n) is 3.40. The fourth-order valence-electron chi connectivity index (χ4n) is 2.26. The van der Waals surface area contributed by atoms with Gasteiger partial charge in [0, 0.05) is 12.0 Å². The summed E-state index contributed by atoms with van der Waals surface area (Å²) >= 11 is 0. The van der Waals surface area contributed by atoms with E-state index in [1.807, 2.05) is 12.1 Å². The van der Waals surface area contributed by atoms with Crippen molar-refractivity contribution < 1.29 is 14.9 Å². The van der Waals surface area contributed by atoms with Gasteiger partial charge in [-0.2, -0.15) is 0 Å². The van der Waals surface area contributed by atoms with Crippen molar-refractivity contribution in [1.29, 1.82) is 0 Å². The van der Waals surface area contributed by atoms with E-state index in [4.69, 9.17) is 4.74 Å². The van der Waals surface area contributed by atoms with Crippen molar-refractivity contribution in [2.24, 2.45) is 0 Å². The lowest BCUT2D eigenvalue weighted by Gasteiger charge is -2.32. The average molecular weight is 208 g/mol. The van der Waals surface area contributed by atoms with Gasteiger partial charge in [-0.25, -0.2) is 0 Å². The van der Waals surface area contributed by atoms with Gasteiger partial charge in [0.25, 0.3) is 0 Å². The van der Waals surface area contributed by atoms with Crippen LogP contribution < -0.4 is 4.74 Å². The highest BCUT2D eigenvalue weighted by Gasteiger charge is 2.51. The van der Waals surface area contributed by atoms with Gasteiger partial charge in [-0.3, -0.25) is 0 Å². The highest BCUT2D eigenvalue weighted by atomic mass is 16.5. The zero-order valence-electron chi connectivity index (χ0n) is 9.24. The van der Waals surface area contributed by atoms with E-state index in [0.29, 0.717) is 17.7 Å². The molecule has 82 valence electrons. The predicted molar refractivity (Wildman–Crippen MR) is 56.9 cm³/mol. The number of methoxy groups -OCH3 is 1. The second-order valence-corrected chi connectivity index (χ2v) is 4.52. The smallest absolute Gasteiger partial charge is 0.125 e. The first-order chi connectivity index (χ1) is 6.90. The van der Waals surface area contributed by atoms with E-state index in [-0.39, 0.29) is 0 Å². The van der Waals surface area contributed by atoms with Crippen molar-refractivity contribution in [2.45, 2.75) is 31.5 Å². The number of hydrogen-bond acceptors (Lipinski definition) is 3. The molecule has 1 aromatic carbocycles. The molecule has 0 heterocycles. The Hall–Kier alpha value is -1.06. The van der Waals surface area contributed by atoms with Crippen LogP contribution in [0.15, 0.2) is 18.2 Å². The van der Waals surface area contributed by atoms with Crippen LogP contribution in [-0.4, -0.2) is 22.9 Å². The third kappa shape index (κ3) is 1.27. The molecular formula is C12H16O3. The van der Waals surface area contributed by atoms with Gasteiger partial charge < -0.3 is 14.9 Å². The van der Waals surface area contributed by atoms with Crippen molar-refractivity contribution in [2.75, 3.05) is 7.11 Å². The molecule has 0 bridgehead atoms. The van der Waals surface area contributed by atoms with Crippen LogP contribution in [0.2, 0.25) is 0 Å². The summed E-state index contributed by atoms with van der Waals surface area (Å²) in [6.07, 6.45) is 0.451. The second kappa shape index (κ2) is 2.97. The topological polar surface area (TPSA) is 49.7 Å². The molecular weight excluding hydrogens is 192 g/mol. The van der Waals surface area contributed by atoms with E-state index in [1.165, 1.54) is 0 Å². The first-order valence-corrected chi connectivity index (χ1v) is 5.01. The zero-order chi connectivity index (χ0) is 11.3.